The van der Waals surface area contributed by atoms with Crippen molar-refractivity contribution in [1.82, 2.24) is 5.32 Å². The third-order valence-corrected chi connectivity index (χ3v) is 4.76. The molecule has 2 atom stereocenters. The number of hydrogen-bond acceptors (Lipinski definition) is 5. The van der Waals surface area contributed by atoms with E-state index in [0.717, 1.165) is 23.8 Å². The number of guanidine groups is 1. The molecule has 0 unspecified atom stereocenters. The molecule has 0 fully saturated rings. The molecule has 2 aromatic carbocycles. The minimum Gasteiger partial charge on any atom is -0.506 e. The number of nitrogens with one attached hydrogen (secondary N) is 2. The van der Waals surface area contributed by atoms with Crippen molar-refractivity contribution in [2.45, 2.75) is 38.8 Å². The van der Waals surface area contributed by atoms with Gasteiger partial charge in [-0.15, -0.1) is 0 Å². The first kappa shape index (κ1) is 24.6. The number of hydrogen-bond donors (Lipinski definition) is 6. The van der Waals surface area contributed by atoms with Gasteiger partial charge in [-0.05, 0) is 48.6 Å². The molecule has 0 aliphatic heterocycles. The zero-order chi connectivity index (χ0) is 23.8. The van der Waals surface area contributed by atoms with Crippen molar-refractivity contribution < 1.29 is 19.1 Å². The smallest absolute Gasteiger partial charge is 0.247 e. The fraction of sp³-hybridized carbons (Fsp3) is 0.318. The summed E-state index contributed by atoms with van der Waals surface area (Å²) in [6, 6.07) is 8.48. The van der Waals surface area contributed by atoms with E-state index in [9.17, 15) is 19.1 Å². The van der Waals surface area contributed by atoms with Crippen molar-refractivity contribution in [1.29, 1.82) is 0 Å². The molecule has 32 heavy (non-hydrogen) atoms. The minimum atomic E-state index is -0.985. The number of aliphatic imine (C=N–C) groups is 1. The van der Waals surface area contributed by atoms with Gasteiger partial charge in [-0.25, -0.2) is 9.38 Å². The molecule has 0 radical (unpaired) electrons. The second kappa shape index (κ2) is 11.1. The van der Waals surface area contributed by atoms with Gasteiger partial charge in [0.05, 0.1) is 17.4 Å². The lowest BCUT2D eigenvalue weighted by Gasteiger charge is -2.22. The highest BCUT2D eigenvalue weighted by Gasteiger charge is 2.26. The number of rotatable bonds is 9. The van der Waals surface area contributed by atoms with Crippen LogP contribution < -0.4 is 27.8 Å². The number of carbonyl (C=O) groups is 2. The van der Waals surface area contributed by atoms with Crippen LogP contribution in [0.3, 0.4) is 0 Å². The lowest BCUT2D eigenvalue weighted by Crippen LogP contribution is -2.51. The molecule has 0 bridgehead atoms. The molecular weight excluding hydrogens is 415 g/mol. The Balaban J connectivity index is 2.20. The zero-order valence-electron chi connectivity index (χ0n) is 18.0. The van der Waals surface area contributed by atoms with Gasteiger partial charge in [0.2, 0.25) is 11.8 Å². The fourth-order valence-corrected chi connectivity index (χ4v) is 2.91. The van der Waals surface area contributed by atoms with Crippen molar-refractivity contribution in [2.75, 3.05) is 5.32 Å². The second-order valence-corrected chi connectivity index (χ2v) is 7.73. The lowest BCUT2D eigenvalue weighted by molar-refractivity contribution is -0.128. The standard InChI is InChI=1S/C22H29FN6O3/c1-12(2)19(24)21(32)28-16(20(31)29-17-11-14(23)7-9-18(17)30)8-6-13-4-3-5-15(10-13)27-22(25)26/h3-5,7,9-12,16,19,30H,6,8,24H2,1-2H3,(H,28,32)(H,29,31)(H4,25,26,27)/t16-,19+/m1/s1. The Kier molecular flexibility index (Phi) is 8.54. The Bertz CT molecular complexity index is 991. The summed E-state index contributed by atoms with van der Waals surface area (Å²) in [7, 11) is 0. The number of aromatic hydroxyl groups is 1. The van der Waals surface area contributed by atoms with Gasteiger partial charge >= 0.3 is 0 Å². The van der Waals surface area contributed by atoms with E-state index in [-0.39, 0.29) is 29.7 Å². The molecule has 0 heterocycles. The van der Waals surface area contributed by atoms with E-state index >= 15 is 0 Å². The first-order chi connectivity index (χ1) is 15.1. The van der Waals surface area contributed by atoms with Crippen LogP contribution in [0.5, 0.6) is 5.75 Å². The Morgan fingerprint density at radius 1 is 1.12 bits per heavy atom. The molecule has 9 nitrogen and oxygen atoms in total. The maximum Gasteiger partial charge on any atom is 0.247 e. The molecule has 0 spiro atoms. The number of phenols is 1. The number of anilines is 1. The molecule has 0 saturated carbocycles. The third kappa shape index (κ3) is 7.24. The number of nitrogens with two attached hydrogens (primary N) is 3. The van der Waals surface area contributed by atoms with Gasteiger partial charge in [0.25, 0.3) is 0 Å². The highest BCUT2D eigenvalue weighted by atomic mass is 19.1. The van der Waals surface area contributed by atoms with Gasteiger partial charge in [-0.1, -0.05) is 26.0 Å². The van der Waals surface area contributed by atoms with Crippen LogP contribution in [0.15, 0.2) is 47.5 Å². The van der Waals surface area contributed by atoms with Crippen molar-refractivity contribution in [3.8, 4) is 5.75 Å². The van der Waals surface area contributed by atoms with Crippen LogP contribution in [0.25, 0.3) is 0 Å². The molecule has 0 aliphatic carbocycles. The van der Waals surface area contributed by atoms with Crippen molar-refractivity contribution in [2.24, 2.45) is 28.1 Å². The minimum absolute atomic E-state index is 0.0794. The van der Waals surface area contributed by atoms with Gasteiger partial charge in [-0.2, -0.15) is 0 Å². The predicted octanol–water partition coefficient (Wildman–Crippen LogP) is 1.48. The monoisotopic (exact) mass is 444 g/mol. The maximum atomic E-state index is 13.5. The third-order valence-electron chi connectivity index (χ3n) is 4.76. The molecule has 2 aromatic rings. The number of benzene rings is 2. The number of halogens is 1. The fourth-order valence-electron chi connectivity index (χ4n) is 2.91. The highest BCUT2D eigenvalue weighted by molar-refractivity contribution is 5.98. The summed E-state index contributed by atoms with van der Waals surface area (Å²) in [5.74, 6) is -2.24. The van der Waals surface area contributed by atoms with E-state index in [1.54, 1.807) is 32.0 Å². The topological polar surface area (TPSA) is 169 Å². The molecule has 9 N–H and O–H groups in total. The first-order valence-corrected chi connectivity index (χ1v) is 10.1. The van der Waals surface area contributed by atoms with Crippen molar-refractivity contribution in [3.05, 3.63) is 53.8 Å². The Morgan fingerprint density at radius 2 is 1.84 bits per heavy atom. The second-order valence-electron chi connectivity index (χ2n) is 7.73. The quantitative estimate of drug-likeness (QED) is 0.194. The summed E-state index contributed by atoms with van der Waals surface area (Å²) in [5.41, 5.74) is 18.0. The Hall–Kier alpha value is -3.66. The van der Waals surface area contributed by atoms with Crippen molar-refractivity contribution in [3.63, 3.8) is 0 Å². The van der Waals surface area contributed by atoms with E-state index < -0.39 is 29.7 Å². The van der Waals surface area contributed by atoms with E-state index in [1.165, 1.54) is 0 Å². The number of amides is 2. The van der Waals surface area contributed by atoms with Crippen LogP contribution in [0, 0.1) is 11.7 Å². The Labute approximate surface area is 185 Å². The molecule has 2 rings (SSSR count). The summed E-state index contributed by atoms with van der Waals surface area (Å²) in [4.78, 5) is 29.4. The SMILES string of the molecule is CC(C)[C@H](N)C(=O)N[C@H](CCc1cccc(N=C(N)N)c1)C(=O)Nc1cc(F)ccc1O. The van der Waals surface area contributed by atoms with Gasteiger partial charge in [0.15, 0.2) is 5.96 Å². The van der Waals surface area contributed by atoms with Crippen LogP contribution in [-0.4, -0.2) is 35.0 Å². The highest BCUT2D eigenvalue weighted by Crippen LogP contribution is 2.24. The van der Waals surface area contributed by atoms with Crippen LogP contribution in [0.4, 0.5) is 15.8 Å². The first-order valence-electron chi connectivity index (χ1n) is 10.1. The van der Waals surface area contributed by atoms with E-state index in [4.69, 9.17) is 17.2 Å². The summed E-state index contributed by atoms with van der Waals surface area (Å²) < 4.78 is 13.5. The predicted molar refractivity (Wildman–Crippen MR) is 122 cm³/mol. The Morgan fingerprint density at radius 3 is 2.50 bits per heavy atom. The van der Waals surface area contributed by atoms with Gasteiger partial charge in [0, 0.05) is 6.07 Å². The normalized spacial score (nSPS) is 12.7. The number of phenolic OH excluding ortho intramolecular Hbond substituents is 1. The number of aryl methyl sites for hydroxylation is 1. The van der Waals surface area contributed by atoms with Gasteiger partial charge in [0.1, 0.15) is 17.6 Å². The maximum absolute atomic E-state index is 13.5. The van der Waals surface area contributed by atoms with Crippen LogP contribution in [-0.2, 0) is 16.0 Å². The van der Waals surface area contributed by atoms with Crippen LogP contribution in [0.1, 0.15) is 25.8 Å². The van der Waals surface area contributed by atoms with Gasteiger partial charge < -0.3 is 32.9 Å². The number of carbonyl (C=O) groups excluding carboxylic acids is 2. The molecule has 0 aliphatic rings. The summed E-state index contributed by atoms with van der Waals surface area (Å²) in [6.45, 7) is 3.58. The van der Waals surface area contributed by atoms with Crippen molar-refractivity contribution >= 4 is 29.1 Å². The lowest BCUT2D eigenvalue weighted by atomic mass is 10.0. The molecule has 0 saturated heterocycles. The summed E-state index contributed by atoms with van der Waals surface area (Å²) in [5, 5.41) is 15.0. The molecular formula is C22H29FN6O3. The number of nitrogens with zero attached hydrogens (tertiary/aromatic N) is 1. The average molecular weight is 445 g/mol. The summed E-state index contributed by atoms with van der Waals surface area (Å²) in [6.07, 6.45) is 0.613. The average Bonchev–Trinajstić information content (AvgIpc) is 2.72. The van der Waals surface area contributed by atoms with E-state index in [0.29, 0.717) is 12.1 Å². The molecule has 10 heteroatoms. The van der Waals surface area contributed by atoms with E-state index in [2.05, 4.69) is 15.6 Å². The molecule has 172 valence electrons. The van der Waals surface area contributed by atoms with Crippen LogP contribution >= 0.6 is 0 Å². The molecule has 0 aromatic heterocycles. The van der Waals surface area contributed by atoms with Gasteiger partial charge in [-0.3, -0.25) is 9.59 Å². The summed E-state index contributed by atoms with van der Waals surface area (Å²) >= 11 is 0. The van der Waals surface area contributed by atoms with E-state index in [1.807, 2.05) is 6.07 Å². The zero-order valence-corrected chi connectivity index (χ0v) is 18.0. The largest absolute Gasteiger partial charge is 0.506 e. The molecule has 2 amide bonds. The van der Waals surface area contributed by atoms with Crippen LogP contribution in [0.2, 0.25) is 0 Å².